The van der Waals surface area contributed by atoms with E-state index in [0.29, 0.717) is 34.8 Å². The van der Waals surface area contributed by atoms with Crippen molar-refractivity contribution < 1.29 is 13.3 Å². The molecule has 4 aromatic rings. The lowest BCUT2D eigenvalue weighted by molar-refractivity contribution is -0.384. The zero-order valence-corrected chi connectivity index (χ0v) is 21.8. The van der Waals surface area contributed by atoms with Gasteiger partial charge in [0.1, 0.15) is 0 Å². The Kier molecular flexibility index (Phi) is 7.69. The highest BCUT2D eigenvalue weighted by molar-refractivity contribution is 7.92. The second-order valence-corrected chi connectivity index (χ2v) is 10.2. The van der Waals surface area contributed by atoms with E-state index in [9.17, 15) is 23.3 Å². The highest BCUT2D eigenvalue weighted by atomic mass is 35.5. The molecule has 2 aromatic carbocycles. The van der Waals surface area contributed by atoms with Crippen molar-refractivity contribution in [3.63, 3.8) is 0 Å². The van der Waals surface area contributed by atoms with Crippen LogP contribution in [0, 0.1) is 10.1 Å². The molecule has 0 aliphatic rings. The number of non-ortho nitro benzene ring substituents is 1. The number of hydrogen-bond donors (Lipinski definition) is 2. The summed E-state index contributed by atoms with van der Waals surface area (Å²) >= 11 is 5.68. The second-order valence-electron chi connectivity index (χ2n) is 8.17. The standard InChI is InChI=1S/C24H22ClN7O5S/c1-3-4-20-23(24(33)31(29-20)17-7-9-18(10-8-17)32(34)35)15(2)26-16-5-11-19(12-6-16)38(36,37)30-22-14-13-21(25)27-28-22/h5-14,29H,3-4H2,1-2H3,(H,28,30). The Morgan fingerprint density at radius 1 is 1.11 bits per heavy atom. The van der Waals surface area contributed by atoms with Crippen molar-refractivity contribution in [1.82, 2.24) is 20.0 Å². The van der Waals surface area contributed by atoms with Gasteiger partial charge in [0.25, 0.3) is 21.3 Å². The summed E-state index contributed by atoms with van der Waals surface area (Å²) in [7, 11) is -3.92. The molecule has 0 bridgehead atoms. The number of halogens is 1. The quantitative estimate of drug-likeness (QED) is 0.175. The smallest absolute Gasteiger partial charge is 0.280 e. The van der Waals surface area contributed by atoms with Gasteiger partial charge in [-0.1, -0.05) is 24.9 Å². The summed E-state index contributed by atoms with van der Waals surface area (Å²) in [5.74, 6) is 0.0209. The average molecular weight is 556 g/mol. The van der Waals surface area contributed by atoms with E-state index in [2.05, 4.69) is 25.0 Å². The zero-order chi connectivity index (χ0) is 27.4. The third kappa shape index (κ3) is 5.79. The maximum atomic E-state index is 13.3. The first kappa shape index (κ1) is 26.7. The molecule has 0 unspecified atom stereocenters. The summed E-state index contributed by atoms with van der Waals surface area (Å²) in [6.07, 6.45) is 1.34. The van der Waals surface area contributed by atoms with Crippen molar-refractivity contribution in [3.05, 3.63) is 97.5 Å². The van der Waals surface area contributed by atoms with Gasteiger partial charge in [-0.25, -0.2) is 13.1 Å². The number of anilines is 1. The Morgan fingerprint density at radius 3 is 2.37 bits per heavy atom. The minimum atomic E-state index is -3.92. The van der Waals surface area contributed by atoms with Crippen molar-refractivity contribution in [2.45, 2.75) is 31.6 Å². The molecule has 38 heavy (non-hydrogen) atoms. The Labute approximate surface area is 222 Å². The lowest BCUT2D eigenvalue weighted by atomic mass is 10.1. The van der Waals surface area contributed by atoms with Gasteiger partial charge in [0, 0.05) is 17.8 Å². The molecule has 0 radical (unpaired) electrons. The molecule has 14 heteroatoms. The summed E-state index contributed by atoms with van der Waals surface area (Å²) in [4.78, 5) is 28.3. The van der Waals surface area contributed by atoms with Crippen LogP contribution in [-0.2, 0) is 16.4 Å². The molecule has 0 fully saturated rings. The van der Waals surface area contributed by atoms with E-state index in [1.807, 2.05) is 6.92 Å². The number of sulfonamides is 1. The number of aliphatic imine (C=N–C) groups is 1. The second kappa shape index (κ2) is 10.9. The number of aryl methyl sites for hydroxylation is 1. The van der Waals surface area contributed by atoms with Gasteiger partial charge in [0.2, 0.25) is 0 Å². The van der Waals surface area contributed by atoms with E-state index < -0.39 is 14.9 Å². The van der Waals surface area contributed by atoms with Gasteiger partial charge in [-0.3, -0.25) is 29.7 Å². The van der Waals surface area contributed by atoms with Crippen LogP contribution >= 0.6 is 11.6 Å². The minimum absolute atomic E-state index is 0.0142. The van der Waals surface area contributed by atoms with Gasteiger partial charge < -0.3 is 0 Å². The first-order chi connectivity index (χ1) is 18.1. The fraction of sp³-hybridized carbons (Fsp3) is 0.167. The number of rotatable bonds is 9. The van der Waals surface area contributed by atoms with Crippen molar-refractivity contribution in [2.75, 3.05) is 4.72 Å². The number of benzene rings is 2. The number of aromatic amines is 1. The summed E-state index contributed by atoms with van der Waals surface area (Å²) in [6.45, 7) is 3.66. The van der Waals surface area contributed by atoms with Crippen molar-refractivity contribution >= 4 is 44.5 Å². The minimum Gasteiger partial charge on any atom is -0.294 e. The molecule has 4 rings (SSSR count). The van der Waals surface area contributed by atoms with E-state index >= 15 is 0 Å². The molecule has 0 saturated carbocycles. The molecule has 0 saturated heterocycles. The normalized spacial score (nSPS) is 11.9. The molecule has 0 amide bonds. The Bertz CT molecular complexity index is 1660. The van der Waals surface area contributed by atoms with Crippen LogP contribution in [0.25, 0.3) is 5.69 Å². The topological polar surface area (TPSA) is 165 Å². The first-order valence-corrected chi connectivity index (χ1v) is 13.2. The van der Waals surface area contributed by atoms with Gasteiger partial charge >= 0.3 is 0 Å². The van der Waals surface area contributed by atoms with Crippen LogP contribution < -0.4 is 10.3 Å². The molecule has 0 aliphatic heterocycles. The number of H-pyrrole nitrogens is 1. The average Bonchev–Trinajstić information content (AvgIpc) is 3.21. The van der Waals surface area contributed by atoms with Crippen LogP contribution in [0.5, 0.6) is 0 Å². The molecule has 2 heterocycles. The lowest BCUT2D eigenvalue weighted by Crippen LogP contribution is -2.19. The third-order valence-corrected chi connectivity index (χ3v) is 7.03. The van der Waals surface area contributed by atoms with Crippen LogP contribution in [0.4, 0.5) is 17.2 Å². The van der Waals surface area contributed by atoms with Crippen molar-refractivity contribution in [1.29, 1.82) is 0 Å². The van der Waals surface area contributed by atoms with E-state index in [1.54, 1.807) is 6.92 Å². The van der Waals surface area contributed by atoms with Crippen molar-refractivity contribution in [2.24, 2.45) is 4.99 Å². The van der Waals surface area contributed by atoms with Gasteiger partial charge in [-0.05, 0) is 61.9 Å². The summed E-state index contributed by atoms with van der Waals surface area (Å²) in [6, 6.07) is 14.3. The number of nitrogens with one attached hydrogen (secondary N) is 2. The first-order valence-electron chi connectivity index (χ1n) is 11.4. The van der Waals surface area contributed by atoms with Crippen LogP contribution in [0.2, 0.25) is 5.15 Å². The fourth-order valence-electron chi connectivity index (χ4n) is 3.71. The number of nitrogens with zero attached hydrogens (tertiary/aromatic N) is 5. The van der Waals surface area contributed by atoms with Gasteiger partial charge in [0.15, 0.2) is 11.0 Å². The van der Waals surface area contributed by atoms with E-state index in [0.717, 1.165) is 6.42 Å². The predicted molar refractivity (Wildman–Crippen MR) is 143 cm³/mol. The Morgan fingerprint density at radius 2 is 1.79 bits per heavy atom. The lowest BCUT2D eigenvalue weighted by Gasteiger charge is -2.07. The molecule has 0 atom stereocenters. The molecule has 0 spiro atoms. The summed E-state index contributed by atoms with van der Waals surface area (Å²) < 4.78 is 29.0. The van der Waals surface area contributed by atoms with Crippen molar-refractivity contribution in [3.8, 4) is 5.69 Å². The highest BCUT2D eigenvalue weighted by Crippen LogP contribution is 2.21. The van der Waals surface area contributed by atoms with Crippen LogP contribution in [0.1, 0.15) is 31.5 Å². The number of aromatic nitrogens is 4. The number of nitro benzene ring substituents is 1. The number of hydrogen-bond acceptors (Lipinski definition) is 8. The van der Waals surface area contributed by atoms with Crippen LogP contribution in [-0.4, -0.2) is 39.0 Å². The molecular formula is C24H22ClN7O5S. The Hall–Kier alpha value is -4.36. The monoisotopic (exact) mass is 555 g/mol. The maximum Gasteiger partial charge on any atom is 0.280 e. The summed E-state index contributed by atoms with van der Waals surface area (Å²) in [5.41, 5.74) is 1.94. The maximum absolute atomic E-state index is 13.3. The van der Waals surface area contributed by atoms with E-state index in [1.165, 1.54) is 65.3 Å². The number of nitro groups is 1. The van der Waals surface area contributed by atoms with E-state index in [4.69, 9.17) is 11.6 Å². The molecule has 12 nitrogen and oxygen atoms in total. The summed E-state index contributed by atoms with van der Waals surface area (Å²) in [5, 5.41) is 21.5. The molecule has 2 aromatic heterocycles. The molecule has 2 N–H and O–H groups in total. The van der Waals surface area contributed by atoms with Gasteiger partial charge in [-0.15, -0.1) is 10.2 Å². The predicted octanol–water partition coefficient (Wildman–Crippen LogP) is 4.41. The molecular weight excluding hydrogens is 534 g/mol. The highest BCUT2D eigenvalue weighted by Gasteiger charge is 2.19. The van der Waals surface area contributed by atoms with Gasteiger partial charge in [-0.2, -0.15) is 0 Å². The zero-order valence-electron chi connectivity index (χ0n) is 20.3. The Balaban J connectivity index is 1.62. The SMILES string of the molecule is CCCc1[nH]n(-c2ccc([N+](=O)[O-])cc2)c(=O)c1C(C)=Nc1ccc(S(=O)(=O)Nc2ccc(Cl)nn2)cc1. The molecule has 0 aliphatic carbocycles. The van der Waals surface area contributed by atoms with E-state index in [-0.39, 0.29) is 27.1 Å². The fourth-order valence-corrected chi connectivity index (χ4v) is 4.81. The molecule has 196 valence electrons. The van der Waals surface area contributed by atoms with Gasteiger partial charge in [0.05, 0.1) is 32.5 Å². The van der Waals surface area contributed by atoms with Crippen LogP contribution in [0.3, 0.4) is 0 Å². The van der Waals surface area contributed by atoms with Crippen LogP contribution in [0.15, 0.2) is 75.3 Å². The third-order valence-electron chi connectivity index (χ3n) is 5.46. The largest absolute Gasteiger partial charge is 0.294 e.